The van der Waals surface area contributed by atoms with Crippen LogP contribution in [-0.4, -0.2) is 25.7 Å². The molecule has 0 saturated carbocycles. The van der Waals surface area contributed by atoms with Crippen molar-refractivity contribution in [2.75, 3.05) is 13.7 Å². The van der Waals surface area contributed by atoms with E-state index in [2.05, 4.69) is 17.4 Å². The standard InChI is InChI=1S/C12H15NO2.ClH/c1-15-12(14)11-7-10(8-13-11)9-5-3-2-4-6-9;/h2-6,10-11,13H,7-8H2,1H3;1H/t10-,11+;/m1./s1. The molecule has 1 fully saturated rings. The second kappa shape index (κ2) is 5.87. The van der Waals surface area contributed by atoms with Crippen LogP contribution in [0.5, 0.6) is 0 Å². The molecule has 1 N–H and O–H groups in total. The molecular formula is C12H16ClNO2. The van der Waals surface area contributed by atoms with E-state index in [4.69, 9.17) is 4.74 Å². The topological polar surface area (TPSA) is 38.3 Å². The Balaban J connectivity index is 0.00000128. The number of nitrogens with one attached hydrogen (secondary N) is 1. The van der Waals surface area contributed by atoms with E-state index in [9.17, 15) is 4.79 Å². The molecule has 1 aliphatic heterocycles. The molecule has 88 valence electrons. The second-order valence-corrected chi connectivity index (χ2v) is 3.83. The van der Waals surface area contributed by atoms with Crippen LogP contribution in [0.2, 0.25) is 0 Å². The third-order valence-electron chi connectivity index (χ3n) is 2.89. The lowest BCUT2D eigenvalue weighted by Gasteiger charge is -2.08. The van der Waals surface area contributed by atoms with E-state index in [1.807, 2.05) is 18.2 Å². The molecule has 1 saturated heterocycles. The van der Waals surface area contributed by atoms with Gasteiger partial charge in [-0.05, 0) is 17.9 Å². The Hall–Kier alpha value is -1.06. The summed E-state index contributed by atoms with van der Waals surface area (Å²) in [7, 11) is 1.43. The summed E-state index contributed by atoms with van der Waals surface area (Å²) in [6.07, 6.45) is 0.830. The van der Waals surface area contributed by atoms with E-state index in [0.29, 0.717) is 5.92 Å². The third-order valence-corrected chi connectivity index (χ3v) is 2.89. The summed E-state index contributed by atoms with van der Waals surface area (Å²) >= 11 is 0. The lowest BCUT2D eigenvalue weighted by molar-refractivity contribution is -0.142. The third kappa shape index (κ3) is 2.74. The fourth-order valence-corrected chi connectivity index (χ4v) is 2.04. The first kappa shape index (κ1) is 13.0. The smallest absolute Gasteiger partial charge is 0.322 e. The molecule has 0 bridgehead atoms. The minimum Gasteiger partial charge on any atom is -0.468 e. The van der Waals surface area contributed by atoms with Crippen molar-refractivity contribution in [1.82, 2.24) is 5.32 Å². The van der Waals surface area contributed by atoms with Gasteiger partial charge in [0, 0.05) is 6.54 Å². The van der Waals surface area contributed by atoms with Crippen LogP contribution in [0.1, 0.15) is 17.9 Å². The van der Waals surface area contributed by atoms with Crippen molar-refractivity contribution in [2.24, 2.45) is 0 Å². The SMILES string of the molecule is COC(=O)[C@@H]1C[C@@H](c2ccccc2)CN1.Cl. The van der Waals surface area contributed by atoms with Gasteiger partial charge < -0.3 is 10.1 Å². The van der Waals surface area contributed by atoms with Crippen molar-refractivity contribution in [3.8, 4) is 0 Å². The molecule has 2 atom stereocenters. The first-order valence-corrected chi connectivity index (χ1v) is 5.17. The van der Waals surface area contributed by atoms with Crippen LogP contribution >= 0.6 is 12.4 Å². The van der Waals surface area contributed by atoms with Crippen molar-refractivity contribution in [2.45, 2.75) is 18.4 Å². The predicted octanol–water partition coefficient (Wildman–Crippen LogP) is 1.73. The second-order valence-electron chi connectivity index (χ2n) is 3.83. The van der Waals surface area contributed by atoms with Crippen LogP contribution in [0.3, 0.4) is 0 Å². The average molecular weight is 242 g/mol. The first-order valence-electron chi connectivity index (χ1n) is 5.17. The Labute approximate surface area is 102 Å². The summed E-state index contributed by atoms with van der Waals surface area (Å²) in [6.45, 7) is 0.851. The van der Waals surface area contributed by atoms with Crippen LogP contribution in [0.15, 0.2) is 30.3 Å². The number of rotatable bonds is 2. The van der Waals surface area contributed by atoms with Gasteiger partial charge in [0.05, 0.1) is 7.11 Å². The maximum atomic E-state index is 11.3. The molecular weight excluding hydrogens is 226 g/mol. The minimum absolute atomic E-state index is 0. The molecule has 0 radical (unpaired) electrons. The van der Waals surface area contributed by atoms with Crippen LogP contribution in [0, 0.1) is 0 Å². The lowest BCUT2D eigenvalue weighted by Crippen LogP contribution is -2.31. The van der Waals surface area contributed by atoms with E-state index >= 15 is 0 Å². The molecule has 1 heterocycles. The van der Waals surface area contributed by atoms with Gasteiger partial charge in [0.1, 0.15) is 6.04 Å². The number of hydrogen-bond acceptors (Lipinski definition) is 3. The molecule has 1 aliphatic rings. The molecule has 1 aromatic carbocycles. The molecule has 16 heavy (non-hydrogen) atoms. The highest BCUT2D eigenvalue weighted by Crippen LogP contribution is 2.25. The lowest BCUT2D eigenvalue weighted by atomic mass is 9.96. The zero-order valence-corrected chi connectivity index (χ0v) is 10.00. The highest BCUT2D eigenvalue weighted by Gasteiger charge is 2.30. The van der Waals surface area contributed by atoms with Crippen LogP contribution < -0.4 is 5.32 Å². The van der Waals surface area contributed by atoms with Crippen molar-refractivity contribution < 1.29 is 9.53 Å². The number of methoxy groups -OCH3 is 1. The highest BCUT2D eigenvalue weighted by atomic mass is 35.5. The highest BCUT2D eigenvalue weighted by molar-refractivity contribution is 5.85. The first-order chi connectivity index (χ1) is 7.31. The molecule has 0 amide bonds. The average Bonchev–Trinajstić information content (AvgIpc) is 2.78. The Morgan fingerprint density at radius 2 is 2.06 bits per heavy atom. The zero-order chi connectivity index (χ0) is 10.7. The van der Waals surface area contributed by atoms with Gasteiger partial charge in [-0.1, -0.05) is 30.3 Å². The number of carbonyl (C=O) groups excluding carboxylic acids is 1. The number of halogens is 1. The Bertz CT molecular complexity index is 342. The molecule has 0 aliphatic carbocycles. The quantitative estimate of drug-likeness (QED) is 0.802. The normalized spacial score (nSPS) is 23.6. The molecule has 1 aromatic rings. The maximum Gasteiger partial charge on any atom is 0.322 e. The Kier molecular flexibility index (Phi) is 4.77. The van der Waals surface area contributed by atoms with E-state index < -0.39 is 0 Å². The molecule has 0 unspecified atom stereocenters. The molecule has 3 nitrogen and oxygen atoms in total. The summed E-state index contributed by atoms with van der Waals surface area (Å²) in [5.41, 5.74) is 1.29. The maximum absolute atomic E-state index is 11.3. The predicted molar refractivity (Wildman–Crippen MR) is 64.9 cm³/mol. The van der Waals surface area contributed by atoms with Crippen LogP contribution in [0.25, 0.3) is 0 Å². The van der Waals surface area contributed by atoms with Gasteiger partial charge in [0.25, 0.3) is 0 Å². The van der Waals surface area contributed by atoms with Gasteiger partial charge in [0.2, 0.25) is 0 Å². The van der Waals surface area contributed by atoms with Gasteiger partial charge in [0.15, 0.2) is 0 Å². The summed E-state index contributed by atoms with van der Waals surface area (Å²) in [5.74, 6) is 0.267. The monoisotopic (exact) mass is 241 g/mol. The Morgan fingerprint density at radius 1 is 1.38 bits per heavy atom. The minimum atomic E-state index is -0.159. The van der Waals surface area contributed by atoms with Crippen molar-refractivity contribution in [1.29, 1.82) is 0 Å². The van der Waals surface area contributed by atoms with Crippen molar-refractivity contribution >= 4 is 18.4 Å². The molecule has 0 aromatic heterocycles. The van der Waals surface area contributed by atoms with Crippen molar-refractivity contribution in [3.63, 3.8) is 0 Å². The number of esters is 1. The van der Waals surface area contributed by atoms with Gasteiger partial charge in [-0.15, -0.1) is 12.4 Å². The van der Waals surface area contributed by atoms with Crippen LogP contribution in [0.4, 0.5) is 0 Å². The van der Waals surface area contributed by atoms with Gasteiger partial charge in [-0.25, -0.2) is 0 Å². The van der Waals surface area contributed by atoms with Gasteiger partial charge in [-0.2, -0.15) is 0 Å². The van der Waals surface area contributed by atoms with Crippen molar-refractivity contribution in [3.05, 3.63) is 35.9 Å². The van der Waals surface area contributed by atoms with Crippen LogP contribution in [-0.2, 0) is 9.53 Å². The van der Waals surface area contributed by atoms with Gasteiger partial charge >= 0.3 is 5.97 Å². The van der Waals surface area contributed by atoms with E-state index in [1.165, 1.54) is 12.7 Å². The summed E-state index contributed by atoms with van der Waals surface area (Å²) in [6, 6.07) is 10.1. The zero-order valence-electron chi connectivity index (χ0n) is 9.18. The summed E-state index contributed by atoms with van der Waals surface area (Å²) < 4.78 is 4.72. The molecule has 0 spiro atoms. The van der Waals surface area contributed by atoms with E-state index in [0.717, 1.165) is 13.0 Å². The number of benzene rings is 1. The largest absolute Gasteiger partial charge is 0.468 e. The fraction of sp³-hybridized carbons (Fsp3) is 0.417. The van der Waals surface area contributed by atoms with Gasteiger partial charge in [-0.3, -0.25) is 4.79 Å². The number of carbonyl (C=O) groups is 1. The fourth-order valence-electron chi connectivity index (χ4n) is 2.04. The Morgan fingerprint density at radius 3 is 2.69 bits per heavy atom. The number of hydrogen-bond donors (Lipinski definition) is 1. The van der Waals surface area contributed by atoms with E-state index in [-0.39, 0.29) is 24.4 Å². The number of ether oxygens (including phenoxy) is 1. The summed E-state index contributed by atoms with van der Waals surface area (Å²) in [4.78, 5) is 11.3. The molecule has 4 heteroatoms. The van der Waals surface area contributed by atoms with E-state index in [1.54, 1.807) is 0 Å². The molecule has 2 rings (SSSR count). The summed E-state index contributed by atoms with van der Waals surface area (Å²) in [5, 5.41) is 3.18.